The third-order valence-electron chi connectivity index (χ3n) is 14.6. The minimum atomic E-state index is -1.80. The molecule has 2 aliphatic heterocycles. The highest BCUT2D eigenvalue weighted by Crippen LogP contribution is 2.30. The Balaban J connectivity index is 1.65. The summed E-state index contributed by atoms with van der Waals surface area (Å²) in [4.78, 5) is 13.3. The van der Waals surface area contributed by atoms with E-state index in [1.807, 2.05) is 6.08 Å². The molecule has 14 nitrogen and oxygen atoms in total. The Hall–Kier alpha value is -3.87. The lowest BCUT2D eigenvalue weighted by Gasteiger charge is -2.46. The highest BCUT2D eigenvalue weighted by Gasteiger charge is 2.51. The molecule has 0 saturated carbocycles. The Bertz CT molecular complexity index is 1900. The van der Waals surface area contributed by atoms with Crippen molar-refractivity contribution in [2.75, 3.05) is 19.8 Å². The first-order valence-electron chi connectivity index (χ1n) is 31.9. The first-order valence-corrected chi connectivity index (χ1v) is 31.9. The number of rotatable bonds is 49. The van der Waals surface area contributed by atoms with E-state index in [4.69, 9.17) is 18.9 Å². The third kappa shape index (κ3) is 37.3. The van der Waals surface area contributed by atoms with Gasteiger partial charge in [0, 0.05) is 6.42 Å². The normalized spacial score (nSPS) is 24.7. The zero-order valence-electron chi connectivity index (χ0n) is 50.9. The maximum absolute atomic E-state index is 13.3. The standard InChI is InChI=1S/C69H113NO13/c1-3-5-7-9-11-13-15-17-18-19-20-21-22-23-24-25-26-27-28-29-30-31-32-33-34-35-36-37-38-39-40-41-43-45-47-49-51-53-61(74)70-57(58(73)52-50-48-46-44-42-16-14-12-10-8-6-4-2)56-80-68-66(79)64(77)67(60(55-72)82-68)83-69-65(78)63(76)62(75)59(54-71)81-69/h5,7,11,13,17-18,20-21,23-24,26-27,29-30,32-33,35-36,42,44,50,52,57-60,62-69,71-73,75-79H,3-4,6,8-10,12,14-16,19,22,25,28,31,34,37-41,43,45-49,51,53-56H2,1-2H3,(H,70,74)/b7-5-,13-11-,18-17-,21-20-,24-23-,27-26-,30-29-,33-32-,36-35-,44-42+,52-50+. The second kappa shape index (κ2) is 52.5. The highest BCUT2D eigenvalue weighted by molar-refractivity contribution is 5.76. The summed E-state index contributed by atoms with van der Waals surface area (Å²) >= 11 is 0. The van der Waals surface area contributed by atoms with Crippen LogP contribution in [0.15, 0.2) is 134 Å². The average molecular weight is 1160 g/mol. The number of aliphatic hydroxyl groups is 8. The minimum absolute atomic E-state index is 0.257. The van der Waals surface area contributed by atoms with Crippen molar-refractivity contribution in [2.45, 2.75) is 274 Å². The molecule has 472 valence electrons. The minimum Gasteiger partial charge on any atom is -0.394 e. The Labute approximate surface area is 500 Å². The first-order chi connectivity index (χ1) is 40.6. The highest BCUT2D eigenvalue weighted by atomic mass is 16.7. The van der Waals surface area contributed by atoms with E-state index in [9.17, 15) is 45.6 Å². The number of unbranched alkanes of at least 4 members (excludes halogenated alkanes) is 16. The van der Waals surface area contributed by atoms with Crippen LogP contribution in [0.3, 0.4) is 0 Å². The molecule has 12 unspecified atom stereocenters. The molecule has 0 aromatic heterocycles. The zero-order chi connectivity index (χ0) is 60.2. The monoisotopic (exact) mass is 1160 g/mol. The van der Waals surface area contributed by atoms with Crippen LogP contribution in [0, 0.1) is 0 Å². The van der Waals surface area contributed by atoms with Crippen molar-refractivity contribution in [1.82, 2.24) is 5.32 Å². The van der Waals surface area contributed by atoms with Gasteiger partial charge in [0.1, 0.15) is 48.8 Å². The molecule has 2 fully saturated rings. The summed E-state index contributed by atoms with van der Waals surface area (Å²) in [5, 5.41) is 87.0. The molecule has 0 spiro atoms. The Morgan fingerprint density at radius 3 is 1.33 bits per heavy atom. The van der Waals surface area contributed by atoms with Crippen LogP contribution in [0.5, 0.6) is 0 Å². The summed E-state index contributed by atoms with van der Waals surface area (Å²) in [7, 11) is 0. The van der Waals surface area contributed by atoms with Gasteiger partial charge in [-0.1, -0.05) is 225 Å². The first kappa shape index (κ1) is 75.2. The van der Waals surface area contributed by atoms with Gasteiger partial charge in [0.2, 0.25) is 5.91 Å². The number of carbonyl (C=O) groups is 1. The van der Waals surface area contributed by atoms with Crippen LogP contribution in [-0.4, -0.2) is 140 Å². The fourth-order valence-corrected chi connectivity index (χ4v) is 9.47. The zero-order valence-corrected chi connectivity index (χ0v) is 50.9. The quantitative estimate of drug-likeness (QED) is 0.0204. The van der Waals surface area contributed by atoms with Gasteiger partial charge in [-0.05, 0) is 103 Å². The summed E-state index contributed by atoms with van der Waals surface area (Å²) in [6, 6.07) is -0.943. The summed E-state index contributed by atoms with van der Waals surface area (Å²) in [5.41, 5.74) is 0. The lowest BCUT2D eigenvalue weighted by atomic mass is 9.97. The van der Waals surface area contributed by atoms with Crippen LogP contribution in [-0.2, 0) is 23.7 Å². The fourth-order valence-electron chi connectivity index (χ4n) is 9.47. The van der Waals surface area contributed by atoms with Crippen LogP contribution in [0.2, 0.25) is 0 Å². The van der Waals surface area contributed by atoms with Crippen molar-refractivity contribution in [1.29, 1.82) is 0 Å². The van der Waals surface area contributed by atoms with E-state index in [0.29, 0.717) is 12.8 Å². The van der Waals surface area contributed by atoms with Gasteiger partial charge in [-0.2, -0.15) is 0 Å². The van der Waals surface area contributed by atoms with Crippen LogP contribution in [0.25, 0.3) is 0 Å². The topological polar surface area (TPSA) is 228 Å². The predicted molar refractivity (Wildman–Crippen MR) is 336 cm³/mol. The molecule has 83 heavy (non-hydrogen) atoms. The largest absolute Gasteiger partial charge is 0.394 e. The molecular weight excluding hydrogens is 1050 g/mol. The van der Waals surface area contributed by atoms with Crippen LogP contribution >= 0.6 is 0 Å². The molecule has 0 aromatic rings. The van der Waals surface area contributed by atoms with Gasteiger partial charge < -0.3 is 65.1 Å². The van der Waals surface area contributed by atoms with Gasteiger partial charge in [0.15, 0.2) is 12.6 Å². The van der Waals surface area contributed by atoms with Crippen molar-refractivity contribution in [3.8, 4) is 0 Å². The maximum atomic E-state index is 13.3. The number of allylic oxidation sites excluding steroid dienone is 21. The summed E-state index contributed by atoms with van der Waals surface area (Å²) < 4.78 is 22.7. The molecule has 1 amide bonds. The summed E-state index contributed by atoms with van der Waals surface area (Å²) in [6.45, 7) is 2.61. The van der Waals surface area contributed by atoms with Crippen molar-refractivity contribution in [2.24, 2.45) is 0 Å². The molecule has 2 rings (SSSR count). The van der Waals surface area contributed by atoms with E-state index in [-0.39, 0.29) is 18.9 Å². The molecule has 2 aliphatic rings. The summed E-state index contributed by atoms with van der Waals surface area (Å²) in [5.74, 6) is -0.263. The molecule has 9 N–H and O–H groups in total. The molecule has 2 heterocycles. The number of aliphatic hydroxyl groups excluding tert-OH is 8. The maximum Gasteiger partial charge on any atom is 0.220 e. The van der Waals surface area contributed by atoms with E-state index >= 15 is 0 Å². The number of ether oxygens (including phenoxy) is 4. The molecule has 0 bridgehead atoms. The molecule has 0 aliphatic carbocycles. The predicted octanol–water partition coefficient (Wildman–Crippen LogP) is 11.9. The lowest BCUT2D eigenvalue weighted by molar-refractivity contribution is -0.359. The average Bonchev–Trinajstić information content (AvgIpc) is 3.58. The molecule has 0 aromatic carbocycles. The van der Waals surface area contributed by atoms with Crippen molar-refractivity contribution >= 4 is 5.91 Å². The third-order valence-corrected chi connectivity index (χ3v) is 14.6. The van der Waals surface area contributed by atoms with Gasteiger partial charge in [-0.15, -0.1) is 0 Å². The number of hydrogen-bond donors (Lipinski definition) is 9. The number of nitrogens with one attached hydrogen (secondary N) is 1. The number of carbonyl (C=O) groups excluding carboxylic acids is 1. The smallest absolute Gasteiger partial charge is 0.220 e. The second-order valence-corrected chi connectivity index (χ2v) is 21.8. The van der Waals surface area contributed by atoms with Gasteiger partial charge in [0.05, 0.1) is 32.0 Å². The van der Waals surface area contributed by atoms with E-state index in [1.165, 1.54) is 64.2 Å². The van der Waals surface area contributed by atoms with Crippen LogP contribution in [0.1, 0.15) is 200 Å². The molecule has 2 saturated heterocycles. The molecular formula is C69H113NO13. The number of hydrogen-bond acceptors (Lipinski definition) is 13. The van der Waals surface area contributed by atoms with E-state index in [0.717, 1.165) is 103 Å². The Kier molecular flexibility index (Phi) is 47.5. The molecule has 12 atom stereocenters. The molecule has 14 heteroatoms. The lowest BCUT2D eigenvalue weighted by Crippen LogP contribution is -2.65. The fraction of sp³-hybridized carbons (Fsp3) is 0.667. The van der Waals surface area contributed by atoms with Crippen LogP contribution < -0.4 is 5.32 Å². The van der Waals surface area contributed by atoms with Gasteiger partial charge in [-0.3, -0.25) is 4.79 Å². The van der Waals surface area contributed by atoms with Crippen molar-refractivity contribution < 1.29 is 64.6 Å². The van der Waals surface area contributed by atoms with Crippen molar-refractivity contribution in [3.05, 3.63) is 134 Å². The summed E-state index contributed by atoms with van der Waals surface area (Å²) in [6.07, 6.45) is 60.8. The van der Waals surface area contributed by atoms with Gasteiger partial charge in [0.25, 0.3) is 0 Å². The van der Waals surface area contributed by atoms with Gasteiger partial charge in [-0.25, -0.2) is 0 Å². The van der Waals surface area contributed by atoms with Crippen LogP contribution in [0.4, 0.5) is 0 Å². The second-order valence-electron chi connectivity index (χ2n) is 21.8. The number of amides is 1. The molecule has 0 radical (unpaired) electrons. The van der Waals surface area contributed by atoms with E-state index in [1.54, 1.807) is 6.08 Å². The Morgan fingerprint density at radius 1 is 0.446 bits per heavy atom. The SMILES string of the molecule is CC/C=C\C/C=C\C/C=C\C/C=C\C/C=C\C/C=C\C/C=C\C/C=C\C/C=C\CCCCCCCCCCCC(=O)NC(COC1OC(CO)C(OC2OC(CO)C(O)C(O)C2O)C(O)C1O)C(O)/C=C/CC/C=C/CCCCCCCC. The van der Waals surface area contributed by atoms with E-state index < -0.39 is 86.8 Å². The van der Waals surface area contributed by atoms with Gasteiger partial charge >= 0.3 is 0 Å². The Morgan fingerprint density at radius 2 is 0.843 bits per heavy atom. The van der Waals surface area contributed by atoms with Crippen molar-refractivity contribution in [3.63, 3.8) is 0 Å². The van der Waals surface area contributed by atoms with E-state index in [2.05, 4.69) is 141 Å².